The van der Waals surface area contributed by atoms with Crippen molar-refractivity contribution in [2.45, 2.75) is 51.6 Å². The standard InChI is InChI=1S/C21H30N4O/c1-3-26-16-20(8-11-24-13-10-22-17-24)9-12-25(15-20)21(6-7-21)19-5-4-18(2)23-14-19/h4-5,10,13-14,17H,3,6-9,11-12,15-16H2,1-2H3/t20-/m0/s1. The Balaban J connectivity index is 1.48. The predicted molar refractivity (Wildman–Crippen MR) is 102 cm³/mol. The van der Waals surface area contributed by atoms with Crippen molar-refractivity contribution in [1.29, 1.82) is 0 Å². The summed E-state index contributed by atoms with van der Waals surface area (Å²) < 4.78 is 8.12. The third-order valence-electron chi connectivity index (χ3n) is 6.29. The molecule has 5 nitrogen and oxygen atoms in total. The molecule has 0 aromatic carbocycles. The molecule has 0 amide bonds. The Morgan fingerprint density at radius 3 is 2.77 bits per heavy atom. The third kappa shape index (κ3) is 3.42. The van der Waals surface area contributed by atoms with Crippen LogP contribution in [0.4, 0.5) is 0 Å². The van der Waals surface area contributed by atoms with Crippen LogP contribution in [0.5, 0.6) is 0 Å². The van der Waals surface area contributed by atoms with Gasteiger partial charge in [0.25, 0.3) is 0 Å². The van der Waals surface area contributed by atoms with Crippen molar-refractivity contribution in [3.8, 4) is 0 Å². The number of pyridine rings is 1. The molecule has 0 unspecified atom stereocenters. The van der Waals surface area contributed by atoms with Gasteiger partial charge in [0, 0.05) is 54.9 Å². The predicted octanol–water partition coefficient (Wildman–Crippen LogP) is 3.39. The molecule has 140 valence electrons. The van der Waals surface area contributed by atoms with Crippen molar-refractivity contribution < 1.29 is 4.74 Å². The topological polar surface area (TPSA) is 43.2 Å². The molecule has 0 radical (unpaired) electrons. The quantitative estimate of drug-likeness (QED) is 0.729. The number of nitrogens with zero attached hydrogens (tertiary/aromatic N) is 4. The molecule has 1 atom stereocenters. The minimum Gasteiger partial charge on any atom is -0.381 e. The molecule has 0 spiro atoms. The van der Waals surface area contributed by atoms with Crippen LogP contribution in [0.25, 0.3) is 0 Å². The van der Waals surface area contributed by atoms with Crippen molar-refractivity contribution in [2.75, 3.05) is 26.3 Å². The highest BCUT2D eigenvalue weighted by atomic mass is 16.5. The largest absolute Gasteiger partial charge is 0.381 e. The van der Waals surface area contributed by atoms with Gasteiger partial charge in [-0.15, -0.1) is 0 Å². The summed E-state index contributed by atoms with van der Waals surface area (Å²) in [6.45, 7) is 9.09. The first-order chi connectivity index (χ1) is 12.7. The molecule has 1 aliphatic carbocycles. The molecule has 2 aliphatic rings. The van der Waals surface area contributed by atoms with E-state index in [1.54, 1.807) is 0 Å². The summed E-state index contributed by atoms with van der Waals surface area (Å²) in [4.78, 5) is 11.4. The first-order valence-electron chi connectivity index (χ1n) is 9.88. The smallest absolute Gasteiger partial charge is 0.0945 e. The van der Waals surface area contributed by atoms with Gasteiger partial charge in [0.15, 0.2) is 0 Å². The maximum absolute atomic E-state index is 5.93. The zero-order chi connectivity index (χ0) is 18.0. The van der Waals surface area contributed by atoms with Gasteiger partial charge in [-0.2, -0.15) is 0 Å². The molecule has 1 aliphatic heterocycles. The highest BCUT2D eigenvalue weighted by Gasteiger charge is 2.54. The van der Waals surface area contributed by atoms with Gasteiger partial charge in [-0.05, 0) is 57.7 Å². The Hall–Kier alpha value is -1.72. The minimum absolute atomic E-state index is 0.226. The number of likely N-dealkylation sites (tertiary alicyclic amines) is 1. The molecule has 2 fully saturated rings. The Kier molecular flexibility index (Phi) is 4.84. The zero-order valence-electron chi connectivity index (χ0n) is 16.0. The zero-order valence-corrected chi connectivity index (χ0v) is 16.0. The molecule has 0 bridgehead atoms. The lowest BCUT2D eigenvalue weighted by atomic mass is 9.84. The fourth-order valence-electron chi connectivity index (χ4n) is 4.45. The molecule has 4 rings (SSSR count). The van der Waals surface area contributed by atoms with Crippen LogP contribution in [0.1, 0.15) is 43.9 Å². The average Bonchev–Trinajstić information content (AvgIpc) is 3.10. The number of rotatable bonds is 8. The van der Waals surface area contributed by atoms with Gasteiger partial charge in [0.2, 0.25) is 0 Å². The summed E-state index contributed by atoms with van der Waals surface area (Å²) in [6, 6.07) is 4.43. The van der Waals surface area contributed by atoms with Crippen LogP contribution in [-0.4, -0.2) is 45.7 Å². The van der Waals surface area contributed by atoms with Crippen LogP contribution in [0.3, 0.4) is 0 Å². The van der Waals surface area contributed by atoms with Crippen LogP contribution in [-0.2, 0) is 16.8 Å². The second kappa shape index (κ2) is 7.12. The van der Waals surface area contributed by atoms with E-state index in [0.717, 1.165) is 45.0 Å². The molecule has 26 heavy (non-hydrogen) atoms. The summed E-state index contributed by atoms with van der Waals surface area (Å²) in [7, 11) is 0. The van der Waals surface area contributed by atoms with Crippen LogP contribution in [0.15, 0.2) is 37.1 Å². The van der Waals surface area contributed by atoms with Gasteiger partial charge in [-0.3, -0.25) is 9.88 Å². The van der Waals surface area contributed by atoms with E-state index < -0.39 is 0 Å². The van der Waals surface area contributed by atoms with Gasteiger partial charge in [0.05, 0.1) is 12.9 Å². The number of aryl methyl sites for hydroxylation is 2. The highest BCUT2D eigenvalue weighted by Crippen LogP contribution is 2.54. The Labute approximate surface area is 156 Å². The van der Waals surface area contributed by atoms with Crippen LogP contribution >= 0.6 is 0 Å². The third-order valence-corrected chi connectivity index (χ3v) is 6.29. The van der Waals surface area contributed by atoms with E-state index in [1.165, 1.54) is 24.8 Å². The SMILES string of the molecule is CCOC[C@@]1(CCn2ccnc2)CCN(C2(c3ccc(C)nc3)CC2)C1. The van der Waals surface area contributed by atoms with Gasteiger partial charge in [-0.25, -0.2) is 4.98 Å². The van der Waals surface area contributed by atoms with E-state index in [0.29, 0.717) is 0 Å². The van der Waals surface area contributed by atoms with E-state index in [2.05, 4.69) is 57.8 Å². The highest BCUT2D eigenvalue weighted by molar-refractivity contribution is 5.29. The first kappa shape index (κ1) is 17.7. The fraction of sp³-hybridized carbons (Fsp3) is 0.619. The van der Waals surface area contributed by atoms with Gasteiger partial charge in [0.1, 0.15) is 0 Å². The lowest BCUT2D eigenvalue weighted by Gasteiger charge is -2.33. The number of hydrogen-bond acceptors (Lipinski definition) is 4. The first-order valence-corrected chi connectivity index (χ1v) is 9.88. The normalized spacial score (nSPS) is 24.8. The van der Waals surface area contributed by atoms with E-state index in [9.17, 15) is 0 Å². The Bertz CT molecular complexity index is 708. The Morgan fingerprint density at radius 2 is 2.12 bits per heavy atom. The summed E-state index contributed by atoms with van der Waals surface area (Å²) in [6.07, 6.45) is 12.8. The van der Waals surface area contributed by atoms with E-state index >= 15 is 0 Å². The summed E-state index contributed by atoms with van der Waals surface area (Å²) >= 11 is 0. The maximum Gasteiger partial charge on any atom is 0.0945 e. The monoisotopic (exact) mass is 354 g/mol. The van der Waals surface area contributed by atoms with Crippen LogP contribution < -0.4 is 0 Å². The van der Waals surface area contributed by atoms with Crippen molar-refractivity contribution in [1.82, 2.24) is 19.4 Å². The molecular weight excluding hydrogens is 324 g/mol. The number of hydrogen-bond donors (Lipinski definition) is 0. The summed E-state index contributed by atoms with van der Waals surface area (Å²) in [5.41, 5.74) is 2.96. The minimum atomic E-state index is 0.226. The molecular formula is C21H30N4O. The molecule has 2 aromatic rings. The number of imidazole rings is 1. The second-order valence-corrected chi connectivity index (χ2v) is 8.08. The van der Waals surface area contributed by atoms with Crippen molar-refractivity contribution in [3.63, 3.8) is 0 Å². The fourth-order valence-corrected chi connectivity index (χ4v) is 4.45. The van der Waals surface area contributed by atoms with Crippen molar-refractivity contribution in [3.05, 3.63) is 48.3 Å². The molecule has 2 aromatic heterocycles. The van der Waals surface area contributed by atoms with Crippen LogP contribution in [0.2, 0.25) is 0 Å². The number of ether oxygens (including phenoxy) is 1. The van der Waals surface area contributed by atoms with Gasteiger partial charge >= 0.3 is 0 Å². The molecule has 0 N–H and O–H groups in total. The van der Waals surface area contributed by atoms with Gasteiger partial charge in [-0.1, -0.05) is 6.07 Å². The molecule has 1 saturated carbocycles. The molecule has 5 heteroatoms. The van der Waals surface area contributed by atoms with E-state index in [4.69, 9.17) is 4.74 Å². The van der Waals surface area contributed by atoms with E-state index in [1.807, 2.05) is 12.5 Å². The number of aromatic nitrogens is 3. The van der Waals surface area contributed by atoms with Crippen molar-refractivity contribution >= 4 is 0 Å². The molecule has 1 saturated heterocycles. The van der Waals surface area contributed by atoms with Gasteiger partial charge < -0.3 is 9.30 Å². The summed E-state index contributed by atoms with van der Waals surface area (Å²) in [5.74, 6) is 0. The summed E-state index contributed by atoms with van der Waals surface area (Å²) in [5, 5.41) is 0. The Morgan fingerprint density at radius 1 is 1.23 bits per heavy atom. The lowest BCUT2D eigenvalue weighted by Crippen LogP contribution is -2.38. The van der Waals surface area contributed by atoms with Crippen LogP contribution in [0, 0.1) is 12.3 Å². The maximum atomic E-state index is 5.93. The molecule has 3 heterocycles. The lowest BCUT2D eigenvalue weighted by molar-refractivity contribution is 0.0416. The van der Waals surface area contributed by atoms with Crippen molar-refractivity contribution in [2.24, 2.45) is 5.41 Å². The van der Waals surface area contributed by atoms with E-state index in [-0.39, 0.29) is 11.0 Å². The average molecular weight is 354 g/mol. The second-order valence-electron chi connectivity index (χ2n) is 8.08.